The quantitative estimate of drug-likeness (QED) is 0.622. The predicted octanol–water partition coefficient (Wildman–Crippen LogP) is 2.06. The molecule has 0 saturated carbocycles. The van der Waals surface area contributed by atoms with Gasteiger partial charge in [0.25, 0.3) is 0 Å². The fourth-order valence-electron chi connectivity index (χ4n) is 1.08. The molecule has 0 aromatic heterocycles. The van der Waals surface area contributed by atoms with E-state index in [9.17, 15) is 18.0 Å². The average Bonchev–Trinajstić information content (AvgIpc) is 2.21. The molecule has 0 amide bonds. The molecule has 1 rings (SSSR count). The molecule has 0 radical (unpaired) electrons. The highest BCUT2D eigenvalue weighted by molar-refractivity contribution is 5.99. The molecular formula is C10H9F3O2. The number of aliphatic hydroxyl groups excluding tert-OH is 1. The summed E-state index contributed by atoms with van der Waals surface area (Å²) in [5.41, 5.74) is -0.636. The molecule has 1 aromatic carbocycles. The van der Waals surface area contributed by atoms with E-state index in [0.717, 1.165) is 0 Å². The number of ketones is 1. The molecule has 1 atom stereocenters. The maximum atomic E-state index is 13.0. The molecular weight excluding hydrogens is 209 g/mol. The fourth-order valence-corrected chi connectivity index (χ4v) is 1.08. The summed E-state index contributed by atoms with van der Waals surface area (Å²) in [6.45, 7) is 1.51. The Labute approximate surface area is 84.3 Å². The number of aliphatic hydroxyl groups is 1. The Morgan fingerprint density at radius 1 is 1.27 bits per heavy atom. The van der Waals surface area contributed by atoms with E-state index in [2.05, 4.69) is 0 Å². The van der Waals surface area contributed by atoms with Crippen molar-refractivity contribution in [2.75, 3.05) is 0 Å². The molecule has 0 heterocycles. The molecule has 0 aliphatic heterocycles. The van der Waals surface area contributed by atoms with Gasteiger partial charge in [0.05, 0.1) is 5.56 Å². The van der Waals surface area contributed by atoms with Crippen LogP contribution in [0.2, 0.25) is 0 Å². The van der Waals surface area contributed by atoms with Gasteiger partial charge in [-0.2, -0.15) is 0 Å². The number of halogens is 3. The Balaban J connectivity index is 3.15. The lowest BCUT2D eigenvalue weighted by Crippen LogP contribution is -2.20. The molecule has 0 bridgehead atoms. The first-order chi connectivity index (χ1) is 6.97. The van der Waals surface area contributed by atoms with Crippen LogP contribution >= 0.6 is 0 Å². The van der Waals surface area contributed by atoms with Gasteiger partial charge in [-0.05, 0) is 12.5 Å². The molecule has 0 spiro atoms. The summed E-state index contributed by atoms with van der Waals surface area (Å²) in [5.74, 6) is -4.81. The molecule has 1 unspecified atom stereocenters. The van der Waals surface area contributed by atoms with Crippen molar-refractivity contribution in [1.29, 1.82) is 0 Å². The molecule has 82 valence electrons. The predicted molar refractivity (Wildman–Crippen MR) is 46.9 cm³/mol. The second kappa shape index (κ2) is 4.44. The monoisotopic (exact) mass is 218 g/mol. The topological polar surface area (TPSA) is 37.3 Å². The summed E-state index contributed by atoms with van der Waals surface area (Å²) in [6, 6.07) is 0.733. The minimum Gasteiger partial charge on any atom is -0.385 e. The van der Waals surface area contributed by atoms with E-state index < -0.39 is 34.9 Å². The molecule has 0 aliphatic carbocycles. The normalized spacial score (nSPS) is 12.6. The van der Waals surface area contributed by atoms with Crippen LogP contribution in [0.1, 0.15) is 23.7 Å². The first kappa shape index (κ1) is 11.7. The van der Waals surface area contributed by atoms with Crippen LogP contribution in [0.5, 0.6) is 0 Å². The molecule has 5 heteroatoms. The van der Waals surface area contributed by atoms with Gasteiger partial charge in [0.15, 0.2) is 17.4 Å². The Morgan fingerprint density at radius 3 is 2.33 bits per heavy atom. The van der Waals surface area contributed by atoms with Crippen LogP contribution in [-0.2, 0) is 0 Å². The van der Waals surface area contributed by atoms with Gasteiger partial charge in [0, 0.05) is 6.07 Å². The lowest BCUT2D eigenvalue weighted by molar-refractivity contribution is 0.0735. The van der Waals surface area contributed by atoms with Crippen LogP contribution in [0, 0.1) is 17.5 Å². The lowest BCUT2D eigenvalue weighted by atomic mass is 10.0. The second-order valence-electron chi connectivity index (χ2n) is 3.03. The SMILES string of the molecule is CCC(O)C(=O)c1cc(F)c(F)cc1F. The summed E-state index contributed by atoms with van der Waals surface area (Å²) in [6.07, 6.45) is -1.32. The van der Waals surface area contributed by atoms with Crippen molar-refractivity contribution in [3.63, 3.8) is 0 Å². The maximum absolute atomic E-state index is 13.0. The summed E-state index contributed by atoms with van der Waals surface area (Å²) in [4.78, 5) is 11.3. The van der Waals surface area contributed by atoms with E-state index in [1.807, 2.05) is 0 Å². The smallest absolute Gasteiger partial charge is 0.194 e. The fraction of sp³-hybridized carbons (Fsp3) is 0.300. The molecule has 0 aliphatic rings. The third-order valence-corrected chi connectivity index (χ3v) is 1.96. The van der Waals surface area contributed by atoms with E-state index in [1.165, 1.54) is 6.92 Å². The van der Waals surface area contributed by atoms with Crippen LogP contribution < -0.4 is 0 Å². The first-order valence-electron chi connectivity index (χ1n) is 4.34. The first-order valence-corrected chi connectivity index (χ1v) is 4.34. The summed E-state index contributed by atoms with van der Waals surface area (Å²) >= 11 is 0. The van der Waals surface area contributed by atoms with Crippen LogP contribution in [0.25, 0.3) is 0 Å². The number of benzene rings is 1. The molecule has 1 aromatic rings. The van der Waals surface area contributed by atoms with Gasteiger partial charge >= 0.3 is 0 Å². The second-order valence-corrected chi connectivity index (χ2v) is 3.03. The number of rotatable bonds is 3. The summed E-state index contributed by atoms with van der Waals surface area (Å²) < 4.78 is 38.3. The third-order valence-electron chi connectivity index (χ3n) is 1.96. The van der Waals surface area contributed by atoms with Gasteiger partial charge in [-0.3, -0.25) is 4.79 Å². The van der Waals surface area contributed by atoms with Crippen molar-refractivity contribution in [3.8, 4) is 0 Å². The number of carbonyl (C=O) groups is 1. The van der Waals surface area contributed by atoms with Crippen molar-refractivity contribution >= 4 is 5.78 Å². The molecule has 0 saturated heterocycles. The van der Waals surface area contributed by atoms with Crippen molar-refractivity contribution in [1.82, 2.24) is 0 Å². The summed E-state index contributed by atoms with van der Waals surface area (Å²) in [7, 11) is 0. The Morgan fingerprint density at radius 2 is 1.80 bits per heavy atom. The van der Waals surface area contributed by atoms with Crippen molar-refractivity contribution in [2.24, 2.45) is 0 Å². The number of Topliss-reactive ketones (excluding diaryl/α,β-unsaturated/α-hetero) is 1. The number of hydrogen-bond donors (Lipinski definition) is 1. The van der Waals surface area contributed by atoms with Gasteiger partial charge in [0.2, 0.25) is 0 Å². The largest absolute Gasteiger partial charge is 0.385 e. The number of carbonyl (C=O) groups excluding carboxylic acids is 1. The van der Waals surface area contributed by atoms with Crippen LogP contribution in [0.15, 0.2) is 12.1 Å². The molecule has 2 nitrogen and oxygen atoms in total. The van der Waals surface area contributed by atoms with Crippen LogP contribution in [0.4, 0.5) is 13.2 Å². The van der Waals surface area contributed by atoms with Gasteiger partial charge in [-0.1, -0.05) is 6.92 Å². The number of hydrogen-bond acceptors (Lipinski definition) is 2. The molecule has 0 fully saturated rings. The highest BCUT2D eigenvalue weighted by atomic mass is 19.2. The average molecular weight is 218 g/mol. The highest BCUT2D eigenvalue weighted by Gasteiger charge is 2.21. The van der Waals surface area contributed by atoms with E-state index >= 15 is 0 Å². The zero-order valence-corrected chi connectivity index (χ0v) is 7.93. The Kier molecular flexibility index (Phi) is 3.47. The van der Waals surface area contributed by atoms with Crippen molar-refractivity contribution < 1.29 is 23.1 Å². The zero-order chi connectivity index (χ0) is 11.6. The minimum atomic E-state index is -1.40. The van der Waals surface area contributed by atoms with E-state index in [0.29, 0.717) is 6.07 Å². The van der Waals surface area contributed by atoms with Crippen LogP contribution in [0.3, 0.4) is 0 Å². The van der Waals surface area contributed by atoms with Gasteiger partial charge in [-0.25, -0.2) is 13.2 Å². The maximum Gasteiger partial charge on any atom is 0.194 e. The minimum absolute atomic E-state index is 0.0806. The van der Waals surface area contributed by atoms with Gasteiger partial charge in [0.1, 0.15) is 11.9 Å². The Bertz CT molecular complexity index is 390. The molecule has 15 heavy (non-hydrogen) atoms. The van der Waals surface area contributed by atoms with E-state index in [4.69, 9.17) is 5.11 Å². The van der Waals surface area contributed by atoms with Crippen molar-refractivity contribution in [2.45, 2.75) is 19.4 Å². The van der Waals surface area contributed by atoms with Gasteiger partial charge < -0.3 is 5.11 Å². The third kappa shape index (κ3) is 2.36. The zero-order valence-electron chi connectivity index (χ0n) is 7.93. The van der Waals surface area contributed by atoms with Gasteiger partial charge in [-0.15, -0.1) is 0 Å². The highest BCUT2D eigenvalue weighted by Crippen LogP contribution is 2.16. The Hall–Kier alpha value is -1.36. The van der Waals surface area contributed by atoms with Crippen molar-refractivity contribution in [3.05, 3.63) is 35.1 Å². The van der Waals surface area contributed by atoms with E-state index in [1.54, 1.807) is 0 Å². The lowest BCUT2D eigenvalue weighted by Gasteiger charge is -2.07. The summed E-state index contributed by atoms with van der Waals surface area (Å²) in [5, 5.41) is 9.13. The standard InChI is InChI=1S/C10H9F3O2/c1-2-9(14)10(15)5-3-7(12)8(13)4-6(5)11/h3-4,9,14H,2H2,1H3. The van der Waals surface area contributed by atoms with Crippen LogP contribution in [-0.4, -0.2) is 17.0 Å². The molecule has 1 N–H and O–H groups in total. The van der Waals surface area contributed by atoms with E-state index in [-0.39, 0.29) is 12.5 Å².